The van der Waals surface area contributed by atoms with Gasteiger partial charge in [-0.2, -0.15) is 4.80 Å². The van der Waals surface area contributed by atoms with Gasteiger partial charge in [0.2, 0.25) is 0 Å². The highest BCUT2D eigenvalue weighted by atomic mass is 19.1. The summed E-state index contributed by atoms with van der Waals surface area (Å²) in [7, 11) is 0. The molecule has 29 heavy (non-hydrogen) atoms. The van der Waals surface area contributed by atoms with Gasteiger partial charge in [0.1, 0.15) is 5.83 Å². The van der Waals surface area contributed by atoms with E-state index in [2.05, 4.69) is 25.6 Å². The molecule has 3 aromatic rings. The van der Waals surface area contributed by atoms with Gasteiger partial charge in [-0.15, -0.1) is 20.4 Å². The van der Waals surface area contributed by atoms with Crippen LogP contribution in [0.4, 0.5) is 4.39 Å². The molecule has 0 bridgehead atoms. The summed E-state index contributed by atoms with van der Waals surface area (Å²) in [5, 5.41) is 32.4. The molecule has 0 amide bonds. The molecule has 0 aliphatic heterocycles. The highest BCUT2D eigenvalue weighted by molar-refractivity contribution is 5.52. The van der Waals surface area contributed by atoms with Crippen LogP contribution in [-0.2, 0) is 17.6 Å². The van der Waals surface area contributed by atoms with Crippen molar-refractivity contribution >= 4 is 5.65 Å². The van der Waals surface area contributed by atoms with Gasteiger partial charge in [-0.25, -0.2) is 4.39 Å². The first kappa shape index (κ1) is 18.1. The fourth-order valence-corrected chi connectivity index (χ4v) is 3.89. The average molecular weight is 395 g/mol. The second kappa shape index (κ2) is 6.28. The third-order valence-electron chi connectivity index (χ3n) is 5.69. The van der Waals surface area contributed by atoms with Crippen molar-refractivity contribution in [2.75, 3.05) is 0 Å². The van der Waals surface area contributed by atoms with E-state index >= 15 is 0 Å². The van der Waals surface area contributed by atoms with Gasteiger partial charge in [0.15, 0.2) is 17.3 Å². The summed E-state index contributed by atoms with van der Waals surface area (Å²) in [5.74, 6) is 1.34. The predicted molar refractivity (Wildman–Crippen MR) is 103 cm³/mol. The molecule has 2 aliphatic carbocycles. The molecule has 8 nitrogen and oxygen atoms in total. The van der Waals surface area contributed by atoms with Crippen LogP contribution in [0.3, 0.4) is 0 Å². The van der Waals surface area contributed by atoms with Crippen molar-refractivity contribution in [2.45, 2.75) is 50.7 Å². The fraction of sp³-hybridized carbons (Fsp3) is 0.450. The number of aliphatic hydroxyl groups is 1. The summed E-state index contributed by atoms with van der Waals surface area (Å²) in [6.07, 6.45) is 9.16. The van der Waals surface area contributed by atoms with E-state index in [-0.39, 0.29) is 11.7 Å². The molecule has 0 aromatic carbocycles. The lowest BCUT2D eigenvalue weighted by atomic mass is 9.99. The number of rotatable bonds is 5. The first-order chi connectivity index (χ1) is 13.9. The van der Waals surface area contributed by atoms with Gasteiger partial charge in [0.25, 0.3) is 0 Å². The average Bonchev–Trinajstić information content (AvgIpc) is 3.15. The van der Waals surface area contributed by atoms with E-state index in [0.29, 0.717) is 24.4 Å². The summed E-state index contributed by atoms with van der Waals surface area (Å²) < 4.78 is 15.1. The van der Waals surface area contributed by atoms with Gasteiger partial charge in [-0.05, 0) is 56.5 Å². The van der Waals surface area contributed by atoms with Crippen LogP contribution in [0.5, 0.6) is 0 Å². The quantitative estimate of drug-likeness (QED) is 0.713. The number of nitrogens with zero attached hydrogens (tertiary/aromatic N) is 7. The Morgan fingerprint density at radius 2 is 2.10 bits per heavy atom. The maximum Gasteiger partial charge on any atom is 0.188 e. The standard InChI is InChI=1S/C20H22FN7O/c1-19(2,29)15-4-3-11-27-16(15)22-24-18(27)20(9-10-20)17-23-26-28(25-17)12-13-5-7-14(21)8-6-13/h3-5,7-8,11,13,29H,6,9-10,12H2,1-2H3. The molecule has 3 heterocycles. The van der Waals surface area contributed by atoms with Crippen molar-refractivity contribution in [3.8, 4) is 0 Å². The summed E-state index contributed by atoms with van der Waals surface area (Å²) in [6, 6.07) is 3.74. The Labute approximate surface area is 166 Å². The zero-order chi connectivity index (χ0) is 20.2. The Morgan fingerprint density at radius 1 is 1.28 bits per heavy atom. The first-order valence-electron chi connectivity index (χ1n) is 9.76. The number of halogens is 1. The van der Waals surface area contributed by atoms with Gasteiger partial charge < -0.3 is 5.11 Å². The van der Waals surface area contributed by atoms with Crippen LogP contribution < -0.4 is 0 Å². The molecule has 1 atom stereocenters. The highest BCUT2D eigenvalue weighted by Gasteiger charge is 2.53. The topological polar surface area (TPSA) is 94.0 Å². The zero-order valence-electron chi connectivity index (χ0n) is 16.3. The Morgan fingerprint density at radius 3 is 2.79 bits per heavy atom. The Bertz CT molecular complexity index is 1130. The third kappa shape index (κ3) is 3.05. The van der Waals surface area contributed by atoms with Gasteiger partial charge in [-0.1, -0.05) is 12.1 Å². The number of hydrogen-bond acceptors (Lipinski definition) is 6. The van der Waals surface area contributed by atoms with E-state index in [0.717, 1.165) is 24.2 Å². The Kier molecular flexibility index (Phi) is 3.92. The fourth-order valence-electron chi connectivity index (χ4n) is 3.89. The molecular weight excluding hydrogens is 373 g/mol. The van der Waals surface area contributed by atoms with Crippen LogP contribution in [0.25, 0.3) is 5.65 Å². The molecule has 5 rings (SSSR count). The van der Waals surface area contributed by atoms with Crippen LogP contribution in [-0.4, -0.2) is 39.9 Å². The second-order valence-electron chi connectivity index (χ2n) is 8.39. The van der Waals surface area contributed by atoms with E-state index < -0.39 is 11.0 Å². The largest absolute Gasteiger partial charge is 0.386 e. The summed E-state index contributed by atoms with van der Waals surface area (Å²) in [5.41, 5.74) is -0.0817. The highest BCUT2D eigenvalue weighted by Crippen LogP contribution is 2.51. The maximum atomic E-state index is 13.1. The lowest BCUT2D eigenvalue weighted by Gasteiger charge is -2.18. The molecule has 1 N–H and O–H groups in total. The van der Waals surface area contributed by atoms with Gasteiger partial charge in [-0.3, -0.25) is 4.40 Å². The van der Waals surface area contributed by atoms with E-state index in [1.54, 1.807) is 24.7 Å². The normalized spacial score (nSPS) is 20.8. The van der Waals surface area contributed by atoms with E-state index in [1.165, 1.54) is 6.08 Å². The molecule has 1 unspecified atom stereocenters. The molecule has 2 aliphatic rings. The molecule has 0 radical (unpaired) electrons. The summed E-state index contributed by atoms with van der Waals surface area (Å²) in [4.78, 5) is 1.58. The first-order valence-corrected chi connectivity index (χ1v) is 9.76. The number of fused-ring (bicyclic) bond motifs is 1. The molecule has 0 saturated heterocycles. The number of aromatic nitrogens is 7. The van der Waals surface area contributed by atoms with Crippen LogP contribution >= 0.6 is 0 Å². The maximum absolute atomic E-state index is 13.1. The second-order valence-corrected chi connectivity index (χ2v) is 8.39. The molecule has 1 saturated carbocycles. The molecule has 1 fully saturated rings. The van der Waals surface area contributed by atoms with Crippen LogP contribution in [0.2, 0.25) is 0 Å². The number of allylic oxidation sites excluding steroid dienone is 4. The monoisotopic (exact) mass is 395 g/mol. The van der Waals surface area contributed by atoms with Crippen molar-refractivity contribution in [1.82, 2.24) is 34.8 Å². The minimum Gasteiger partial charge on any atom is -0.386 e. The number of pyridine rings is 1. The Balaban J connectivity index is 1.46. The molecule has 9 heteroatoms. The van der Waals surface area contributed by atoms with Gasteiger partial charge in [0.05, 0.1) is 17.6 Å². The zero-order valence-corrected chi connectivity index (χ0v) is 16.3. The smallest absolute Gasteiger partial charge is 0.188 e. The number of hydrogen-bond donors (Lipinski definition) is 1. The van der Waals surface area contributed by atoms with Crippen LogP contribution in [0.15, 0.2) is 42.4 Å². The van der Waals surface area contributed by atoms with E-state index in [9.17, 15) is 9.50 Å². The summed E-state index contributed by atoms with van der Waals surface area (Å²) in [6.45, 7) is 4.02. The Hall–Kier alpha value is -2.94. The molecule has 150 valence electrons. The molecule has 0 spiro atoms. The third-order valence-corrected chi connectivity index (χ3v) is 5.69. The predicted octanol–water partition coefficient (Wildman–Crippen LogP) is 2.45. The molecule has 3 aromatic heterocycles. The van der Waals surface area contributed by atoms with Crippen LogP contribution in [0, 0.1) is 5.92 Å². The van der Waals surface area contributed by atoms with Crippen molar-refractivity contribution in [1.29, 1.82) is 0 Å². The minimum absolute atomic E-state index is 0.148. The summed E-state index contributed by atoms with van der Waals surface area (Å²) >= 11 is 0. The van der Waals surface area contributed by atoms with Gasteiger partial charge >= 0.3 is 0 Å². The van der Waals surface area contributed by atoms with Crippen molar-refractivity contribution in [3.05, 3.63) is 59.6 Å². The van der Waals surface area contributed by atoms with Crippen molar-refractivity contribution in [3.63, 3.8) is 0 Å². The van der Waals surface area contributed by atoms with Crippen molar-refractivity contribution in [2.24, 2.45) is 5.92 Å². The number of tetrazole rings is 1. The SMILES string of the molecule is CC(C)(O)c1cccn2c(C3(c4nnn(CC5C=CC(F)=CC5)n4)CC3)nnc12. The lowest BCUT2D eigenvalue weighted by molar-refractivity contribution is 0.0796. The van der Waals surface area contributed by atoms with Crippen LogP contribution in [0.1, 0.15) is 50.3 Å². The van der Waals surface area contributed by atoms with E-state index in [1.807, 2.05) is 28.8 Å². The van der Waals surface area contributed by atoms with E-state index in [4.69, 9.17) is 0 Å². The lowest BCUT2D eigenvalue weighted by Crippen LogP contribution is -2.19. The van der Waals surface area contributed by atoms with Gasteiger partial charge in [0, 0.05) is 17.7 Å². The molecular formula is C20H22FN7O. The minimum atomic E-state index is -1.02. The van der Waals surface area contributed by atoms with Crippen molar-refractivity contribution < 1.29 is 9.50 Å².